The van der Waals surface area contributed by atoms with Crippen LogP contribution in [0.25, 0.3) is 0 Å². The van der Waals surface area contributed by atoms with Gasteiger partial charge in [-0.1, -0.05) is 0 Å². The summed E-state index contributed by atoms with van der Waals surface area (Å²) in [4.78, 5) is 25.6. The molecule has 6 heteroatoms. The number of carbonyl (C=O) groups is 1. The van der Waals surface area contributed by atoms with Crippen molar-refractivity contribution in [3.05, 3.63) is 24.0 Å². The molecule has 0 aliphatic heterocycles. The zero-order valence-corrected chi connectivity index (χ0v) is 11.9. The summed E-state index contributed by atoms with van der Waals surface area (Å²) in [7, 11) is 1.53. The van der Waals surface area contributed by atoms with Gasteiger partial charge in [0.15, 0.2) is 5.75 Å². The van der Waals surface area contributed by atoms with Crippen LogP contribution >= 0.6 is 0 Å². The van der Waals surface area contributed by atoms with Crippen LogP contribution in [-0.2, 0) is 4.89 Å². The fourth-order valence-electron chi connectivity index (χ4n) is 0.946. The van der Waals surface area contributed by atoms with Crippen molar-refractivity contribution in [3.8, 4) is 5.75 Å². The normalized spacial score (nSPS) is 12.1. The maximum absolute atomic E-state index is 11.3. The first-order valence-electron chi connectivity index (χ1n) is 5.93. The van der Waals surface area contributed by atoms with E-state index in [0.717, 1.165) is 0 Å². The van der Waals surface area contributed by atoms with E-state index >= 15 is 0 Å². The van der Waals surface area contributed by atoms with Gasteiger partial charge in [0.1, 0.15) is 11.3 Å². The molecule has 106 valence electrons. The zero-order chi connectivity index (χ0) is 14.7. The lowest BCUT2D eigenvalue weighted by atomic mass is 9.90. The molecule has 6 nitrogen and oxygen atoms in total. The van der Waals surface area contributed by atoms with Gasteiger partial charge < -0.3 is 15.3 Å². The first-order chi connectivity index (χ1) is 8.67. The molecule has 0 aliphatic rings. The summed E-state index contributed by atoms with van der Waals surface area (Å²) in [6, 6.07) is 3.09. The Labute approximate surface area is 112 Å². The summed E-state index contributed by atoms with van der Waals surface area (Å²) in [5, 5.41) is 12.4. The molecule has 0 saturated carbocycles. The summed E-state index contributed by atoms with van der Waals surface area (Å²) in [6.07, 6.45) is 1.38. The van der Waals surface area contributed by atoms with Crippen LogP contribution in [0.15, 0.2) is 18.3 Å². The Balaban J connectivity index is 2.67. The summed E-state index contributed by atoms with van der Waals surface area (Å²) in [6.45, 7) is 6.67. The van der Waals surface area contributed by atoms with Gasteiger partial charge in [-0.05, 0) is 39.8 Å². The molecule has 0 aliphatic carbocycles. The van der Waals surface area contributed by atoms with Gasteiger partial charge in [0.25, 0.3) is 5.91 Å². The van der Waals surface area contributed by atoms with E-state index in [-0.39, 0.29) is 11.6 Å². The Morgan fingerprint density at radius 2 is 1.95 bits per heavy atom. The standard InChI is InChI=1S/C13H20N2O4/c1-12(2,17)13(3,4)19-18-9-6-7-10(15-8-9)11(16)14-5/h6-8,17H,1-5H3,(H,14,16). The number of aliphatic hydroxyl groups is 1. The fraction of sp³-hybridized carbons (Fsp3) is 0.538. The number of hydrogen-bond donors (Lipinski definition) is 2. The maximum atomic E-state index is 11.3. The molecular formula is C13H20N2O4. The molecular weight excluding hydrogens is 248 g/mol. The molecule has 1 aromatic rings. The molecule has 0 aromatic carbocycles. The van der Waals surface area contributed by atoms with Gasteiger partial charge in [0, 0.05) is 7.05 Å². The first-order valence-corrected chi connectivity index (χ1v) is 5.93. The van der Waals surface area contributed by atoms with Gasteiger partial charge in [-0.15, -0.1) is 0 Å². The third-order valence-electron chi connectivity index (χ3n) is 3.02. The van der Waals surface area contributed by atoms with E-state index in [2.05, 4.69) is 10.3 Å². The van der Waals surface area contributed by atoms with Crippen molar-refractivity contribution in [1.29, 1.82) is 0 Å². The van der Waals surface area contributed by atoms with Crippen LogP contribution in [0.2, 0.25) is 0 Å². The van der Waals surface area contributed by atoms with Crippen LogP contribution in [0.5, 0.6) is 5.75 Å². The van der Waals surface area contributed by atoms with Crippen molar-refractivity contribution < 1.29 is 19.7 Å². The number of amides is 1. The molecule has 0 bridgehead atoms. The zero-order valence-electron chi connectivity index (χ0n) is 11.9. The van der Waals surface area contributed by atoms with E-state index in [4.69, 9.17) is 9.78 Å². The SMILES string of the molecule is CNC(=O)c1ccc(OOC(C)(C)C(C)(C)O)cn1. The highest BCUT2D eigenvalue weighted by Crippen LogP contribution is 2.26. The lowest BCUT2D eigenvalue weighted by molar-refractivity contribution is -0.321. The highest BCUT2D eigenvalue weighted by atomic mass is 17.2. The van der Waals surface area contributed by atoms with Crippen LogP contribution in [-0.4, -0.2) is 34.2 Å². The summed E-state index contributed by atoms with van der Waals surface area (Å²) in [5.41, 5.74) is -1.67. The minimum absolute atomic E-state index is 0.274. The Morgan fingerprint density at radius 3 is 2.37 bits per heavy atom. The van der Waals surface area contributed by atoms with Crippen LogP contribution in [0.3, 0.4) is 0 Å². The van der Waals surface area contributed by atoms with Gasteiger partial charge in [-0.3, -0.25) is 4.79 Å². The summed E-state index contributed by atoms with van der Waals surface area (Å²) in [5.74, 6) is 0.0780. The summed E-state index contributed by atoms with van der Waals surface area (Å²) >= 11 is 0. The van der Waals surface area contributed by atoms with Crippen LogP contribution < -0.4 is 10.2 Å². The Morgan fingerprint density at radius 1 is 1.32 bits per heavy atom. The van der Waals surface area contributed by atoms with E-state index in [0.29, 0.717) is 5.75 Å². The summed E-state index contributed by atoms with van der Waals surface area (Å²) < 4.78 is 0. The highest BCUT2D eigenvalue weighted by molar-refractivity contribution is 5.91. The van der Waals surface area contributed by atoms with E-state index < -0.39 is 11.2 Å². The van der Waals surface area contributed by atoms with Gasteiger partial charge in [-0.2, -0.15) is 4.89 Å². The average Bonchev–Trinajstić information content (AvgIpc) is 2.35. The number of nitrogens with zero attached hydrogens (tertiary/aromatic N) is 1. The molecule has 2 N–H and O–H groups in total. The van der Waals surface area contributed by atoms with Crippen molar-refractivity contribution in [2.24, 2.45) is 0 Å². The van der Waals surface area contributed by atoms with E-state index in [1.165, 1.54) is 19.3 Å². The average molecular weight is 268 g/mol. The number of carbonyl (C=O) groups excluding carboxylic acids is 1. The largest absolute Gasteiger partial charge is 0.387 e. The van der Waals surface area contributed by atoms with Crippen LogP contribution in [0, 0.1) is 0 Å². The highest BCUT2D eigenvalue weighted by Gasteiger charge is 2.38. The van der Waals surface area contributed by atoms with Gasteiger partial charge in [-0.25, -0.2) is 4.98 Å². The molecule has 0 fully saturated rings. The lowest BCUT2D eigenvalue weighted by Gasteiger charge is -2.34. The third-order valence-corrected chi connectivity index (χ3v) is 3.02. The van der Waals surface area contributed by atoms with Crippen molar-refractivity contribution >= 4 is 5.91 Å². The second kappa shape index (κ2) is 5.54. The van der Waals surface area contributed by atoms with E-state index in [9.17, 15) is 9.90 Å². The maximum Gasteiger partial charge on any atom is 0.269 e. The predicted molar refractivity (Wildman–Crippen MR) is 69.7 cm³/mol. The quantitative estimate of drug-likeness (QED) is 0.621. The molecule has 1 rings (SSSR count). The van der Waals surface area contributed by atoms with Crippen molar-refractivity contribution in [1.82, 2.24) is 10.3 Å². The Bertz CT molecular complexity index is 435. The van der Waals surface area contributed by atoms with Crippen molar-refractivity contribution in [2.75, 3.05) is 7.05 Å². The van der Waals surface area contributed by atoms with Gasteiger partial charge in [0.2, 0.25) is 0 Å². The van der Waals surface area contributed by atoms with Crippen molar-refractivity contribution in [3.63, 3.8) is 0 Å². The number of rotatable bonds is 5. The fourth-order valence-corrected chi connectivity index (χ4v) is 0.946. The van der Waals surface area contributed by atoms with E-state index in [1.807, 2.05) is 0 Å². The number of hydrogen-bond acceptors (Lipinski definition) is 5. The van der Waals surface area contributed by atoms with Crippen molar-refractivity contribution in [2.45, 2.75) is 38.9 Å². The second-order valence-corrected chi connectivity index (χ2v) is 5.19. The first kappa shape index (κ1) is 15.4. The predicted octanol–water partition coefficient (Wildman–Crippen LogP) is 1.30. The molecule has 0 spiro atoms. The molecule has 0 saturated heterocycles. The minimum Gasteiger partial charge on any atom is -0.387 e. The van der Waals surface area contributed by atoms with Crippen LogP contribution in [0.1, 0.15) is 38.2 Å². The van der Waals surface area contributed by atoms with Gasteiger partial charge in [0.05, 0.1) is 11.8 Å². The van der Waals surface area contributed by atoms with Crippen LogP contribution in [0.4, 0.5) is 0 Å². The molecule has 0 atom stereocenters. The molecule has 1 aromatic heterocycles. The molecule has 1 amide bonds. The topological polar surface area (TPSA) is 80.7 Å². The number of nitrogens with one attached hydrogen (secondary N) is 1. The smallest absolute Gasteiger partial charge is 0.269 e. The molecule has 0 radical (unpaired) electrons. The van der Waals surface area contributed by atoms with Gasteiger partial charge >= 0.3 is 0 Å². The Hall–Kier alpha value is -1.66. The molecule has 0 unspecified atom stereocenters. The number of aromatic nitrogens is 1. The number of pyridine rings is 1. The Kier molecular flexibility index (Phi) is 4.49. The second-order valence-electron chi connectivity index (χ2n) is 5.19. The monoisotopic (exact) mass is 268 g/mol. The third kappa shape index (κ3) is 3.90. The van der Waals surface area contributed by atoms with E-state index in [1.54, 1.807) is 33.8 Å². The minimum atomic E-state index is -1.07. The molecule has 19 heavy (non-hydrogen) atoms. The molecule has 1 heterocycles. The lowest BCUT2D eigenvalue weighted by Crippen LogP contribution is -2.47.